The number of likely N-dealkylation sites (tertiary alicyclic amines) is 1. The van der Waals surface area contributed by atoms with Crippen molar-refractivity contribution < 1.29 is 23.9 Å². The molecule has 1 amide bonds. The lowest BCUT2D eigenvalue weighted by molar-refractivity contribution is 0.106. The maximum absolute atomic E-state index is 11.9. The molecule has 1 aromatic carbocycles. The first-order valence-corrected chi connectivity index (χ1v) is 13.5. The minimum Gasteiger partial charge on any atom is -0.491 e. The van der Waals surface area contributed by atoms with Gasteiger partial charge in [0.2, 0.25) is 0 Å². The van der Waals surface area contributed by atoms with E-state index in [4.69, 9.17) is 47.2 Å². The van der Waals surface area contributed by atoms with Crippen LogP contribution in [0.5, 0.6) is 5.75 Å². The number of hydrogen-bond acceptors (Lipinski definition) is 9. The normalized spacial score (nSPS) is 14.9. The first-order valence-electron chi connectivity index (χ1n) is 12.8. The van der Waals surface area contributed by atoms with Crippen molar-refractivity contribution in [1.82, 2.24) is 25.3 Å². The molecule has 3 aromatic rings. The number of ether oxygens (including phenoxy) is 2. The Bertz CT molecular complexity index is 1290. The zero-order chi connectivity index (χ0) is 28.1. The van der Waals surface area contributed by atoms with Gasteiger partial charge in [-0.1, -0.05) is 28.4 Å². The summed E-state index contributed by atoms with van der Waals surface area (Å²) in [5.74, 6) is 1.78. The van der Waals surface area contributed by atoms with Gasteiger partial charge < -0.3 is 29.3 Å². The van der Waals surface area contributed by atoms with Crippen LogP contribution in [0.25, 0.3) is 22.6 Å². The number of aliphatic hydroxyl groups excluding tert-OH is 1. The number of carbonyl (C=O) groups excluding carboxylic acids is 1. The van der Waals surface area contributed by atoms with Gasteiger partial charge >= 0.3 is 6.09 Å². The van der Waals surface area contributed by atoms with E-state index >= 15 is 0 Å². The third-order valence-corrected chi connectivity index (χ3v) is 7.51. The van der Waals surface area contributed by atoms with E-state index in [9.17, 15) is 9.90 Å². The van der Waals surface area contributed by atoms with Crippen molar-refractivity contribution in [3.05, 3.63) is 45.4 Å². The van der Waals surface area contributed by atoms with Crippen LogP contribution < -0.4 is 10.1 Å². The fraction of sp³-hybridized carbons (Fsp3) is 0.481. The van der Waals surface area contributed by atoms with Crippen molar-refractivity contribution in [2.24, 2.45) is 5.92 Å². The summed E-state index contributed by atoms with van der Waals surface area (Å²) in [6.07, 6.45) is 1.22. The summed E-state index contributed by atoms with van der Waals surface area (Å²) in [6, 6.07) is 5.21. The number of carbonyl (C=O) groups is 1. The van der Waals surface area contributed by atoms with Crippen LogP contribution in [0.4, 0.5) is 4.79 Å². The van der Waals surface area contributed by atoms with Crippen LogP contribution in [-0.2, 0) is 11.2 Å². The van der Waals surface area contributed by atoms with E-state index in [2.05, 4.69) is 10.5 Å². The van der Waals surface area contributed by atoms with Gasteiger partial charge in [-0.25, -0.2) is 14.8 Å². The van der Waals surface area contributed by atoms with Crippen LogP contribution in [0.15, 0.2) is 22.7 Å². The minimum atomic E-state index is -0.663. The van der Waals surface area contributed by atoms with Crippen LogP contribution in [0, 0.1) is 19.8 Å². The summed E-state index contributed by atoms with van der Waals surface area (Å²) in [4.78, 5) is 23.3. The molecule has 1 atom stereocenters. The van der Waals surface area contributed by atoms with Gasteiger partial charge in [0.05, 0.1) is 39.8 Å². The molecule has 39 heavy (non-hydrogen) atoms. The molecule has 4 rings (SSSR count). The fourth-order valence-corrected chi connectivity index (χ4v) is 5.17. The largest absolute Gasteiger partial charge is 0.491 e. The Morgan fingerprint density at radius 2 is 2.00 bits per heavy atom. The number of nitrogens with one attached hydrogen (secondary N) is 1. The maximum atomic E-state index is 11.9. The monoisotopic (exact) mass is 577 g/mol. The zero-order valence-corrected chi connectivity index (χ0v) is 24.0. The van der Waals surface area contributed by atoms with Crippen molar-refractivity contribution in [1.29, 1.82) is 0 Å². The molecule has 12 heteroatoms. The van der Waals surface area contributed by atoms with Gasteiger partial charge in [-0.15, -0.1) is 0 Å². The second kappa shape index (κ2) is 13.0. The average molecular weight is 578 g/mol. The van der Waals surface area contributed by atoms with Gasteiger partial charge in [-0.05, 0) is 64.3 Å². The Morgan fingerprint density at radius 1 is 1.26 bits per heavy atom. The van der Waals surface area contributed by atoms with Crippen LogP contribution in [0.1, 0.15) is 30.0 Å². The molecule has 1 unspecified atom stereocenters. The van der Waals surface area contributed by atoms with Crippen LogP contribution in [-0.4, -0.2) is 77.7 Å². The Balaban J connectivity index is 1.70. The van der Waals surface area contributed by atoms with E-state index in [-0.39, 0.29) is 18.6 Å². The Labute approximate surface area is 237 Å². The van der Waals surface area contributed by atoms with E-state index in [0.29, 0.717) is 81.6 Å². The Hall–Kier alpha value is -2.92. The molecular formula is C27H33Cl2N5O5. The topological polar surface area (TPSA) is 123 Å². The highest BCUT2D eigenvalue weighted by atomic mass is 35.5. The molecule has 10 nitrogen and oxygen atoms in total. The number of piperidine rings is 1. The summed E-state index contributed by atoms with van der Waals surface area (Å²) >= 11 is 13.6. The van der Waals surface area contributed by atoms with Crippen LogP contribution >= 0.6 is 23.2 Å². The predicted molar refractivity (Wildman–Crippen MR) is 148 cm³/mol. The first kappa shape index (κ1) is 29.1. The third-order valence-electron chi connectivity index (χ3n) is 6.78. The standard InChI is InChI=1S/C27H33Cl2N5O5/c1-15-23(16(2)39-33-15)25-24(29)22(11-17-7-9-34(10-8-17)27(36)37-4)31-26(32-25)20-12-19(5-6-21(20)28)38-14-18(35)13-30-3/h5-6,12,17-18,30,35H,7-11,13-14H2,1-4H3. The maximum Gasteiger partial charge on any atom is 0.409 e. The molecule has 0 spiro atoms. The Morgan fingerprint density at radius 3 is 2.64 bits per heavy atom. The number of amides is 1. The molecule has 210 valence electrons. The predicted octanol–water partition coefficient (Wildman–Crippen LogP) is 4.70. The lowest BCUT2D eigenvalue weighted by Crippen LogP contribution is -2.38. The van der Waals surface area contributed by atoms with Crippen molar-refractivity contribution in [2.75, 3.05) is 40.4 Å². The number of benzene rings is 1. The van der Waals surface area contributed by atoms with E-state index in [1.807, 2.05) is 13.8 Å². The summed E-state index contributed by atoms with van der Waals surface area (Å²) in [6.45, 7) is 5.38. The number of nitrogens with zero attached hydrogens (tertiary/aromatic N) is 4. The number of rotatable bonds is 9. The molecule has 0 radical (unpaired) electrons. The van der Waals surface area contributed by atoms with Gasteiger partial charge in [0.25, 0.3) is 0 Å². The van der Waals surface area contributed by atoms with Gasteiger partial charge in [-0.2, -0.15) is 0 Å². The highest BCUT2D eigenvalue weighted by Crippen LogP contribution is 2.38. The van der Waals surface area contributed by atoms with Gasteiger partial charge in [0.15, 0.2) is 5.82 Å². The second-order valence-corrected chi connectivity index (χ2v) is 10.4. The van der Waals surface area contributed by atoms with Crippen molar-refractivity contribution >= 4 is 29.3 Å². The molecule has 1 fully saturated rings. The van der Waals surface area contributed by atoms with Crippen LogP contribution in [0.3, 0.4) is 0 Å². The highest BCUT2D eigenvalue weighted by molar-refractivity contribution is 6.34. The summed E-state index contributed by atoms with van der Waals surface area (Å²) < 4.78 is 16.1. The number of aryl methyl sites for hydroxylation is 2. The first-order chi connectivity index (χ1) is 18.7. The molecule has 1 aliphatic rings. The van der Waals surface area contributed by atoms with Crippen LogP contribution in [0.2, 0.25) is 10.0 Å². The molecular weight excluding hydrogens is 545 g/mol. The Kier molecular flexibility index (Phi) is 9.66. The molecule has 2 N–H and O–H groups in total. The molecule has 0 aliphatic carbocycles. The number of aliphatic hydroxyl groups is 1. The van der Waals surface area contributed by atoms with Gasteiger partial charge in [-0.3, -0.25) is 0 Å². The molecule has 1 saturated heterocycles. The molecule has 0 bridgehead atoms. The van der Waals surface area contributed by atoms with Gasteiger partial charge in [0, 0.05) is 25.2 Å². The molecule has 3 heterocycles. The summed E-state index contributed by atoms with van der Waals surface area (Å²) in [5.41, 5.74) is 3.15. The fourth-order valence-electron chi connectivity index (χ4n) is 4.71. The lowest BCUT2D eigenvalue weighted by atomic mass is 9.91. The average Bonchev–Trinajstić information content (AvgIpc) is 3.27. The SMILES string of the molecule is CNCC(O)COc1ccc(Cl)c(-c2nc(CC3CCN(C(=O)OC)CC3)c(Cl)c(-c3c(C)noc3C)n2)c1. The number of methoxy groups -OCH3 is 1. The number of hydrogen-bond donors (Lipinski definition) is 2. The van der Waals surface area contributed by atoms with E-state index in [1.54, 1.807) is 30.1 Å². The molecule has 1 aliphatic heterocycles. The smallest absolute Gasteiger partial charge is 0.409 e. The molecule has 2 aromatic heterocycles. The number of halogens is 2. The minimum absolute atomic E-state index is 0.114. The van der Waals surface area contributed by atoms with Crippen molar-refractivity contribution in [3.8, 4) is 28.4 Å². The summed E-state index contributed by atoms with van der Waals surface area (Å²) in [7, 11) is 3.15. The van der Waals surface area contributed by atoms with E-state index in [0.717, 1.165) is 12.8 Å². The van der Waals surface area contributed by atoms with Crippen molar-refractivity contribution in [2.45, 2.75) is 39.2 Å². The second-order valence-electron chi connectivity index (χ2n) is 9.62. The van der Waals surface area contributed by atoms with Crippen molar-refractivity contribution in [3.63, 3.8) is 0 Å². The number of aromatic nitrogens is 3. The van der Waals surface area contributed by atoms with Gasteiger partial charge in [0.1, 0.15) is 24.2 Å². The third kappa shape index (κ3) is 6.81. The zero-order valence-electron chi connectivity index (χ0n) is 22.5. The number of likely N-dealkylation sites (N-methyl/N-ethyl adjacent to an activating group) is 1. The molecule has 0 saturated carbocycles. The highest BCUT2D eigenvalue weighted by Gasteiger charge is 2.27. The lowest BCUT2D eigenvalue weighted by Gasteiger charge is -2.31. The summed E-state index contributed by atoms with van der Waals surface area (Å²) in [5, 5.41) is 17.9. The van der Waals surface area contributed by atoms with E-state index in [1.165, 1.54) is 7.11 Å². The quantitative estimate of drug-likeness (QED) is 0.372. The van der Waals surface area contributed by atoms with E-state index < -0.39 is 6.10 Å².